The smallest absolute Gasteiger partial charge is 0.325 e. The lowest BCUT2D eigenvalue weighted by molar-refractivity contribution is -0.141. The number of carbonyl (C=O) groups excluding carboxylic acids is 2. The van der Waals surface area contributed by atoms with Crippen molar-refractivity contribution in [1.29, 1.82) is 0 Å². The minimum Gasteiger partial charge on any atom is -0.468 e. The van der Waals surface area contributed by atoms with E-state index in [2.05, 4.69) is 0 Å². The van der Waals surface area contributed by atoms with Gasteiger partial charge in [0.1, 0.15) is 6.54 Å². The van der Waals surface area contributed by atoms with Gasteiger partial charge in [0.2, 0.25) is 0 Å². The molecule has 0 bridgehead atoms. The Labute approximate surface area is 126 Å². The molecule has 0 aliphatic heterocycles. The molecular weight excluding hydrogens is 266 g/mol. The normalized spacial score (nSPS) is 15.0. The average Bonchev–Trinajstić information content (AvgIpc) is 2.97. The first-order chi connectivity index (χ1) is 10.0. The molecule has 0 N–H and O–H groups in total. The average molecular weight is 289 g/mol. The van der Waals surface area contributed by atoms with Crippen LogP contribution in [0.1, 0.15) is 47.2 Å². The number of rotatable bonds is 4. The van der Waals surface area contributed by atoms with Crippen LogP contribution < -0.4 is 0 Å². The number of hydrogen-bond acceptors (Lipinski definition) is 3. The predicted octanol–water partition coefficient (Wildman–Crippen LogP) is 2.86. The molecule has 0 saturated heterocycles. The molecular formula is C17H23NO3. The van der Waals surface area contributed by atoms with Crippen molar-refractivity contribution in [1.82, 2.24) is 4.90 Å². The Bertz CT molecular complexity index is 533. The number of benzene rings is 1. The standard InChI is InChI=1S/C17H23NO3/c1-12-8-9-15(13(2)10-12)17(20)18(11-16(19)21-3)14-6-4-5-7-14/h8-10,14H,4-7,11H2,1-3H3. The van der Waals surface area contributed by atoms with E-state index >= 15 is 0 Å². The summed E-state index contributed by atoms with van der Waals surface area (Å²) in [7, 11) is 1.36. The van der Waals surface area contributed by atoms with Crippen LogP contribution in [0.5, 0.6) is 0 Å². The number of ether oxygens (including phenoxy) is 1. The Balaban J connectivity index is 2.26. The van der Waals surface area contributed by atoms with E-state index in [0.717, 1.165) is 36.8 Å². The summed E-state index contributed by atoms with van der Waals surface area (Å²) in [6.45, 7) is 3.98. The van der Waals surface area contributed by atoms with E-state index in [-0.39, 0.29) is 24.5 Å². The Kier molecular flexibility index (Phi) is 4.99. The van der Waals surface area contributed by atoms with Crippen molar-refractivity contribution in [2.75, 3.05) is 13.7 Å². The molecule has 1 aliphatic rings. The molecule has 1 fully saturated rings. The van der Waals surface area contributed by atoms with Crippen molar-refractivity contribution < 1.29 is 14.3 Å². The van der Waals surface area contributed by atoms with E-state index in [9.17, 15) is 9.59 Å². The summed E-state index contributed by atoms with van der Waals surface area (Å²) in [5.41, 5.74) is 2.76. The van der Waals surface area contributed by atoms with Crippen LogP contribution in [0.2, 0.25) is 0 Å². The van der Waals surface area contributed by atoms with Gasteiger partial charge in [-0.25, -0.2) is 0 Å². The van der Waals surface area contributed by atoms with Gasteiger partial charge in [-0.1, -0.05) is 30.5 Å². The first-order valence-electron chi connectivity index (χ1n) is 7.48. The third-order valence-electron chi connectivity index (χ3n) is 4.17. The molecule has 0 heterocycles. The summed E-state index contributed by atoms with van der Waals surface area (Å²) in [4.78, 5) is 26.2. The number of carbonyl (C=O) groups is 2. The largest absolute Gasteiger partial charge is 0.468 e. The molecule has 21 heavy (non-hydrogen) atoms. The highest BCUT2D eigenvalue weighted by atomic mass is 16.5. The number of aryl methyl sites for hydroxylation is 2. The van der Waals surface area contributed by atoms with Gasteiger partial charge in [0, 0.05) is 11.6 Å². The minimum absolute atomic E-state index is 0.0350. The van der Waals surface area contributed by atoms with Crippen molar-refractivity contribution in [3.05, 3.63) is 34.9 Å². The molecule has 0 atom stereocenters. The maximum atomic E-state index is 12.8. The van der Waals surface area contributed by atoms with Crippen molar-refractivity contribution in [3.63, 3.8) is 0 Å². The highest BCUT2D eigenvalue weighted by Gasteiger charge is 2.29. The van der Waals surface area contributed by atoms with Crippen LogP contribution >= 0.6 is 0 Å². The summed E-state index contributed by atoms with van der Waals surface area (Å²) < 4.78 is 4.74. The second-order valence-electron chi connectivity index (χ2n) is 5.77. The number of amides is 1. The number of esters is 1. The Morgan fingerprint density at radius 3 is 2.48 bits per heavy atom. The van der Waals surface area contributed by atoms with Crippen LogP contribution in [0.15, 0.2) is 18.2 Å². The molecule has 4 nitrogen and oxygen atoms in total. The zero-order chi connectivity index (χ0) is 15.4. The molecule has 0 unspecified atom stereocenters. The molecule has 0 radical (unpaired) electrons. The predicted molar refractivity (Wildman–Crippen MR) is 81.2 cm³/mol. The van der Waals surface area contributed by atoms with Crippen molar-refractivity contribution in [2.45, 2.75) is 45.6 Å². The van der Waals surface area contributed by atoms with Gasteiger partial charge in [-0.3, -0.25) is 9.59 Å². The topological polar surface area (TPSA) is 46.6 Å². The molecule has 1 aromatic rings. The zero-order valence-corrected chi connectivity index (χ0v) is 13.0. The third-order valence-corrected chi connectivity index (χ3v) is 4.17. The third kappa shape index (κ3) is 3.63. The van der Waals surface area contributed by atoms with Crippen molar-refractivity contribution in [3.8, 4) is 0 Å². The van der Waals surface area contributed by atoms with Crippen LogP contribution in [0, 0.1) is 13.8 Å². The molecule has 1 saturated carbocycles. The molecule has 4 heteroatoms. The highest BCUT2D eigenvalue weighted by Crippen LogP contribution is 2.25. The lowest BCUT2D eigenvalue weighted by Gasteiger charge is -2.28. The molecule has 1 amide bonds. The summed E-state index contributed by atoms with van der Waals surface area (Å²) in [5.74, 6) is -0.426. The highest BCUT2D eigenvalue weighted by molar-refractivity contribution is 5.97. The van der Waals surface area contributed by atoms with E-state index in [0.29, 0.717) is 5.56 Å². The van der Waals surface area contributed by atoms with Crippen LogP contribution in [-0.4, -0.2) is 36.5 Å². The van der Waals surface area contributed by atoms with Gasteiger partial charge in [-0.2, -0.15) is 0 Å². The quantitative estimate of drug-likeness (QED) is 0.801. The Morgan fingerprint density at radius 1 is 1.24 bits per heavy atom. The Hall–Kier alpha value is -1.84. The monoisotopic (exact) mass is 289 g/mol. The van der Waals surface area contributed by atoms with Crippen LogP contribution in [-0.2, 0) is 9.53 Å². The summed E-state index contributed by atoms with van der Waals surface area (Å²) in [6.07, 6.45) is 4.16. The van der Waals surface area contributed by atoms with E-state index in [1.165, 1.54) is 7.11 Å². The van der Waals surface area contributed by atoms with Gasteiger partial charge in [-0.15, -0.1) is 0 Å². The van der Waals surface area contributed by atoms with Crippen molar-refractivity contribution in [2.24, 2.45) is 0 Å². The lowest BCUT2D eigenvalue weighted by atomic mass is 10.0. The van der Waals surface area contributed by atoms with E-state index in [4.69, 9.17) is 4.74 Å². The minimum atomic E-state index is -0.361. The first-order valence-corrected chi connectivity index (χ1v) is 7.48. The maximum Gasteiger partial charge on any atom is 0.325 e. The number of hydrogen-bond donors (Lipinski definition) is 0. The summed E-state index contributed by atoms with van der Waals surface area (Å²) in [6, 6.07) is 5.94. The van der Waals surface area contributed by atoms with Crippen LogP contribution in [0.25, 0.3) is 0 Å². The van der Waals surface area contributed by atoms with Crippen LogP contribution in [0.3, 0.4) is 0 Å². The van der Waals surface area contributed by atoms with Crippen LogP contribution in [0.4, 0.5) is 0 Å². The summed E-state index contributed by atoms with van der Waals surface area (Å²) in [5, 5.41) is 0. The van der Waals surface area contributed by atoms with Gasteiger partial charge >= 0.3 is 5.97 Å². The number of methoxy groups -OCH3 is 1. The Morgan fingerprint density at radius 2 is 1.90 bits per heavy atom. The SMILES string of the molecule is COC(=O)CN(C(=O)c1ccc(C)cc1C)C1CCCC1. The molecule has 1 aromatic carbocycles. The fraction of sp³-hybridized carbons (Fsp3) is 0.529. The lowest BCUT2D eigenvalue weighted by Crippen LogP contribution is -2.42. The fourth-order valence-corrected chi connectivity index (χ4v) is 2.99. The second kappa shape index (κ2) is 6.74. The summed E-state index contributed by atoms with van der Waals surface area (Å²) >= 11 is 0. The van der Waals surface area contributed by atoms with Crippen molar-refractivity contribution >= 4 is 11.9 Å². The molecule has 0 aromatic heterocycles. The molecule has 0 spiro atoms. The zero-order valence-electron chi connectivity index (χ0n) is 13.0. The van der Waals surface area contributed by atoms with E-state index in [1.54, 1.807) is 4.90 Å². The van der Waals surface area contributed by atoms with Gasteiger partial charge < -0.3 is 9.64 Å². The molecule has 1 aliphatic carbocycles. The first kappa shape index (κ1) is 15.5. The molecule has 2 rings (SSSR count). The molecule has 114 valence electrons. The van der Waals surface area contributed by atoms with Gasteiger partial charge in [0.05, 0.1) is 7.11 Å². The van der Waals surface area contributed by atoms with Gasteiger partial charge in [0.25, 0.3) is 5.91 Å². The van der Waals surface area contributed by atoms with Gasteiger partial charge in [0.15, 0.2) is 0 Å². The fourth-order valence-electron chi connectivity index (χ4n) is 2.99. The maximum absolute atomic E-state index is 12.8. The number of nitrogens with zero attached hydrogens (tertiary/aromatic N) is 1. The van der Waals surface area contributed by atoms with E-state index in [1.807, 2.05) is 32.0 Å². The van der Waals surface area contributed by atoms with Gasteiger partial charge in [-0.05, 0) is 38.3 Å². The van der Waals surface area contributed by atoms with E-state index < -0.39 is 0 Å². The second-order valence-corrected chi connectivity index (χ2v) is 5.77.